The topological polar surface area (TPSA) is 23.5 Å². The van der Waals surface area contributed by atoms with Crippen LogP contribution in [0.5, 0.6) is 0 Å². The van der Waals surface area contributed by atoms with Gasteiger partial charge in [-0.15, -0.1) is 0 Å². The smallest absolute Gasteiger partial charge is 0.0431 e. The number of aliphatic hydroxyl groups excluding tert-OH is 1. The van der Waals surface area contributed by atoms with Gasteiger partial charge < -0.3 is 10.0 Å². The van der Waals surface area contributed by atoms with E-state index >= 15 is 0 Å². The van der Waals surface area contributed by atoms with Gasteiger partial charge in [-0.1, -0.05) is 22.4 Å². The molecular formula is C12H24BrNO. The van der Waals surface area contributed by atoms with Crippen LogP contribution in [0.4, 0.5) is 0 Å². The van der Waals surface area contributed by atoms with E-state index in [4.69, 9.17) is 5.11 Å². The zero-order chi connectivity index (χ0) is 10.9. The van der Waals surface area contributed by atoms with Crippen molar-refractivity contribution in [2.75, 3.05) is 25.0 Å². The van der Waals surface area contributed by atoms with Gasteiger partial charge >= 0.3 is 0 Å². The van der Waals surface area contributed by atoms with Crippen LogP contribution in [-0.2, 0) is 0 Å². The fourth-order valence-electron chi connectivity index (χ4n) is 2.43. The SMILES string of the molecule is OCCCC1CCCN1CCCCCBr. The molecule has 0 aliphatic carbocycles. The second-order valence-electron chi connectivity index (χ2n) is 4.45. The van der Waals surface area contributed by atoms with Crippen molar-refractivity contribution in [2.24, 2.45) is 0 Å². The highest BCUT2D eigenvalue weighted by Crippen LogP contribution is 2.21. The predicted molar refractivity (Wildman–Crippen MR) is 68.6 cm³/mol. The van der Waals surface area contributed by atoms with Crippen LogP contribution in [0.2, 0.25) is 0 Å². The van der Waals surface area contributed by atoms with Crippen molar-refractivity contribution in [2.45, 2.75) is 51.0 Å². The Labute approximate surface area is 102 Å². The number of nitrogens with zero attached hydrogens (tertiary/aromatic N) is 1. The molecule has 0 saturated carbocycles. The highest BCUT2D eigenvalue weighted by molar-refractivity contribution is 9.09. The number of aliphatic hydroxyl groups is 1. The number of hydrogen-bond acceptors (Lipinski definition) is 2. The lowest BCUT2D eigenvalue weighted by atomic mass is 10.1. The molecule has 0 bridgehead atoms. The Balaban J connectivity index is 2.09. The van der Waals surface area contributed by atoms with Crippen LogP contribution < -0.4 is 0 Å². The lowest BCUT2D eigenvalue weighted by molar-refractivity contribution is 0.213. The molecule has 1 atom stereocenters. The Morgan fingerprint density at radius 1 is 1.20 bits per heavy atom. The first-order valence-electron chi connectivity index (χ1n) is 6.29. The molecule has 1 rings (SSSR count). The van der Waals surface area contributed by atoms with Gasteiger partial charge in [0.15, 0.2) is 0 Å². The molecule has 0 aromatic rings. The summed E-state index contributed by atoms with van der Waals surface area (Å²) in [5, 5.41) is 9.97. The van der Waals surface area contributed by atoms with Gasteiger partial charge in [0, 0.05) is 18.0 Å². The molecule has 1 N–H and O–H groups in total. The number of rotatable bonds is 8. The van der Waals surface area contributed by atoms with Gasteiger partial charge in [-0.2, -0.15) is 0 Å². The Morgan fingerprint density at radius 3 is 2.80 bits per heavy atom. The molecule has 1 aliphatic heterocycles. The first kappa shape index (κ1) is 13.5. The molecule has 3 heteroatoms. The molecule has 1 unspecified atom stereocenters. The van der Waals surface area contributed by atoms with E-state index in [1.54, 1.807) is 0 Å². The predicted octanol–water partition coefficient (Wildman–Crippen LogP) is 2.79. The molecule has 0 aromatic heterocycles. The fourth-order valence-corrected chi connectivity index (χ4v) is 2.83. The summed E-state index contributed by atoms with van der Waals surface area (Å²) >= 11 is 3.47. The maximum absolute atomic E-state index is 8.84. The molecule has 0 radical (unpaired) electrons. The fraction of sp³-hybridized carbons (Fsp3) is 1.00. The van der Waals surface area contributed by atoms with Crippen molar-refractivity contribution in [3.8, 4) is 0 Å². The van der Waals surface area contributed by atoms with E-state index in [0.29, 0.717) is 6.61 Å². The van der Waals surface area contributed by atoms with E-state index < -0.39 is 0 Å². The van der Waals surface area contributed by atoms with Gasteiger partial charge in [0.25, 0.3) is 0 Å². The largest absolute Gasteiger partial charge is 0.396 e. The van der Waals surface area contributed by atoms with E-state index in [-0.39, 0.29) is 0 Å². The summed E-state index contributed by atoms with van der Waals surface area (Å²) in [6, 6.07) is 0.765. The zero-order valence-electron chi connectivity index (χ0n) is 9.63. The summed E-state index contributed by atoms with van der Waals surface area (Å²) in [4.78, 5) is 2.63. The monoisotopic (exact) mass is 277 g/mol. The van der Waals surface area contributed by atoms with E-state index in [2.05, 4.69) is 20.8 Å². The average Bonchev–Trinajstić information content (AvgIpc) is 2.69. The van der Waals surface area contributed by atoms with Gasteiger partial charge in [-0.05, 0) is 51.6 Å². The number of likely N-dealkylation sites (tertiary alicyclic amines) is 1. The lowest BCUT2D eigenvalue weighted by Crippen LogP contribution is -2.30. The van der Waals surface area contributed by atoms with Gasteiger partial charge in [-0.3, -0.25) is 0 Å². The Kier molecular flexibility index (Phi) is 7.67. The third-order valence-corrected chi connectivity index (χ3v) is 3.83. The Morgan fingerprint density at radius 2 is 2.07 bits per heavy atom. The van der Waals surface area contributed by atoms with Crippen LogP contribution in [0.15, 0.2) is 0 Å². The molecule has 90 valence electrons. The summed E-state index contributed by atoms with van der Waals surface area (Å²) in [7, 11) is 0. The van der Waals surface area contributed by atoms with Crippen molar-refractivity contribution in [1.82, 2.24) is 4.90 Å². The maximum Gasteiger partial charge on any atom is 0.0431 e. The van der Waals surface area contributed by atoms with Crippen molar-refractivity contribution in [3.05, 3.63) is 0 Å². The summed E-state index contributed by atoms with van der Waals surface area (Å²) in [5.74, 6) is 0. The summed E-state index contributed by atoms with van der Waals surface area (Å²) < 4.78 is 0. The van der Waals surface area contributed by atoms with E-state index in [1.165, 1.54) is 51.6 Å². The minimum absolute atomic E-state index is 0.355. The molecule has 1 aliphatic rings. The molecular weight excluding hydrogens is 254 g/mol. The standard InChI is InChI=1S/C12H24BrNO/c13-8-2-1-3-9-14-10-4-6-12(14)7-5-11-15/h12,15H,1-11H2. The van der Waals surface area contributed by atoms with Crippen molar-refractivity contribution < 1.29 is 5.11 Å². The second-order valence-corrected chi connectivity index (χ2v) is 5.24. The molecule has 1 heterocycles. The van der Waals surface area contributed by atoms with Crippen molar-refractivity contribution in [1.29, 1.82) is 0 Å². The Bertz CT molecular complexity index is 155. The zero-order valence-corrected chi connectivity index (χ0v) is 11.2. The summed E-state index contributed by atoms with van der Waals surface area (Å²) in [6.45, 7) is 2.90. The van der Waals surface area contributed by atoms with Crippen LogP contribution in [0.1, 0.15) is 44.9 Å². The van der Waals surface area contributed by atoms with Gasteiger partial charge in [0.05, 0.1) is 0 Å². The van der Waals surface area contributed by atoms with E-state index in [9.17, 15) is 0 Å². The minimum Gasteiger partial charge on any atom is -0.396 e. The molecule has 0 spiro atoms. The molecule has 0 amide bonds. The normalized spacial score (nSPS) is 22.4. The first-order chi connectivity index (χ1) is 7.38. The molecule has 0 aromatic carbocycles. The van der Waals surface area contributed by atoms with Crippen LogP contribution in [0, 0.1) is 0 Å². The van der Waals surface area contributed by atoms with Crippen LogP contribution in [0.3, 0.4) is 0 Å². The van der Waals surface area contributed by atoms with Crippen LogP contribution in [0.25, 0.3) is 0 Å². The van der Waals surface area contributed by atoms with Crippen LogP contribution in [-0.4, -0.2) is 41.1 Å². The van der Waals surface area contributed by atoms with Gasteiger partial charge in [-0.25, -0.2) is 0 Å². The lowest BCUT2D eigenvalue weighted by Gasteiger charge is -2.24. The number of halogens is 1. The first-order valence-corrected chi connectivity index (χ1v) is 7.41. The quantitative estimate of drug-likeness (QED) is 0.545. The maximum atomic E-state index is 8.84. The summed E-state index contributed by atoms with van der Waals surface area (Å²) in [5.41, 5.74) is 0. The second kappa shape index (κ2) is 8.54. The highest BCUT2D eigenvalue weighted by atomic mass is 79.9. The number of alkyl halides is 1. The third kappa shape index (κ3) is 5.32. The summed E-state index contributed by atoms with van der Waals surface area (Å²) in [6.07, 6.45) is 8.84. The van der Waals surface area contributed by atoms with Crippen LogP contribution >= 0.6 is 15.9 Å². The number of hydrogen-bond donors (Lipinski definition) is 1. The molecule has 15 heavy (non-hydrogen) atoms. The van der Waals surface area contributed by atoms with Gasteiger partial charge in [0.1, 0.15) is 0 Å². The molecule has 1 saturated heterocycles. The molecule has 2 nitrogen and oxygen atoms in total. The average molecular weight is 278 g/mol. The van der Waals surface area contributed by atoms with Crippen molar-refractivity contribution >= 4 is 15.9 Å². The third-order valence-electron chi connectivity index (χ3n) is 3.27. The highest BCUT2D eigenvalue weighted by Gasteiger charge is 2.22. The van der Waals surface area contributed by atoms with E-state index in [0.717, 1.165) is 17.8 Å². The number of unbranched alkanes of at least 4 members (excludes halogenated alkanes) is 2. The van der Waals surface area contributed by atoms with Gasteiger partial charge in [0.2, 0.25) is 0 Å². The Hall–Kier alpha value is 0.400. The minimum atomic E-state index is 0.355. The van der Waals surface area contributed by atoms with E-state index in [1.807, 2.05) is 0 Å². The van der Waals surface area contributed by atoms with Crippen molar-refractivity contribution in [3.63, 3.8) is 0 Å². The molecule has 1 fully saturated rings.